The molecule has 4 nitrogen and oxygen atoms in total. The van der Waals surface area contributed by atoms with Crippen molar-refractivity contribution in [1.82, 2.24) is 4.90 Å². The molecular formula is C21H28FNO3. The van der Waals surface area contributed by atoms with Gasteiger partial charge in [-0.3, -0.25) is 4.79 Å². The minimum absolute atomic E-state index is 0.0301. The largest absolute Gasteiger partial charge is 0.494 e. The fourth-order valence-electron chi connectivity index (χ4n) is 6.27. The predicted octanol–water partition coefficient (Wildman–Crippen LogP) is 3.49. The van der Waals surface area contributed by atoms with Crippen molar-refractivity contribution < 1.29 is 19.0 Å². The highest BCUT2D eigenvalue weighted by Crippen LogP contribution is 2.60. The van der Waals surface area contributed by atoms with Crippen LogP contribution in [-0.2, 0) is 0 Å². The summed E-state index contributed by atoms with van der Waals surface area (Å²) in [5.74, 6) is 1.50. The van der Waals surface area contributed by atoms with E-state index in [-0.39, 0.29) is 35.8 Å². The molecule has 0 aromatic heterocycles. The van der Waals surface area contributed by atoms with Gasteiger partial charge in [0.25, 0.3) is 5.91 Å². The Balaban J connectivity index is 1.57. The van der Waals surface area contributed by atoms with Crippen LogP contribution in [0.4, 0.5) is 4.39 Å². The highest BCUT2D eigenvalue weighted by Gasteiger charge is 2.51. The van der Waals surface area contributed by atoms with Crippen LogP contribution in [0.25, 0.3) is 0 Å². The minimum Gasteiger partial charge on any atom is -0.494 e. The number of hydrogen-bond donors (Lipinski definition) is 1. The third-order valence-electron chi connectivity index (χ3n) is 6.76. The summed E-state index contributed by atoms with van der Waals surface area (Å²) < 4.78 is 19.6. The molecule has 0 unspecified atom stereocenters. The molecule has 0 heterocycles. The SMILES string of the molecule is COc1cccc(C(=O)N(CCO)CC23CC4CC(CC(C4)C2)C3)c1F. The molecule has 4 fully saturated rings. The zero-order valence-corrected chi connectivity index (χ0v) is 15.4. The van der Waals surface area contributed by atoms with Crippen LogP contribution >= 0.6 is 0 Å². The lowest BCUT2D eigenvalue weighted by Gasteiger charge is -2.57. The van der Waals surface area contributed by atoms with Crippen LogP contribution in [0.15, 0.2) is 18.2 Å². The lowest BCUT2D eigenvalue weighted by Crippen LogP contribution is -2.52. The number of aliphatic hydroxyl groups excluding tert-OH is 1. The highest BCUT2D eigenvalue weighted by atomic mass is 19.1. The summed E-state index contributed by atoms with van der Waals surface area (Å²) in [7, 11) is 1.40. The van der Waals surface area contributed by atoms with Gasteiger partial charge in [0.05, 0.1) is 19.3 Å². The molecule has 4 aliphatic carbocycles. The van der Waals surface area contributed by atoms with Crippen molar-refractivity contribution >= 4 is 5.91 Å². The minimum atomic E-state index is -0.617. The quantitative estimate of drug-likeness (QED) is 0.844. The number of benzene rings is 1. The molecule has 1 amide bonds. The third kappa shape index (κ3) is 3.11. The van der Waals surface area contributed by atoms with Crippen LogP contribution in [0, 0.1) is 29.0 Å². The van der Waals surface area contributed by atoms with Gasteiger partial charge in [0.1, 0.15) is 0 Å². The van der Waals surface area contributed by atoms with Gasteiger partial charge in [0.15, 0.2) is 11.6 Å². The van der Waals surface area contributed by atoms with E-state index >= 15 is 0 Å². The van der Waals surface area contributed by atoms with Crippen molar-refractivity contribution in [3.05, 3.63) is 29.6 Å². The second-order valence-electron chi connectivity index (χ2n) is 8.69. The van der Waals surface area contributed by atoms with Crippen molar-refractivity contribution in [3.63, 3.8) is 0 Å². The number of aliphatic hydroxyl groups is 1. The molecule has 0 atom stereocenters. The van der Waals surface area contributed by atoms with Crippen LogP contribution < -0.4 is 4.74 Å². The molecule has 4 bridgehead atoms. The molecule has 0 aliphatic heterocycles. The Morgan fingerprint density at radius 3 is 2.38 bits per heavy atom. The first-order chi connectivity index (χ1) is 12.5. The van der Waals surface area contributed by atoms with E-state index < -0.39 is 5.82 Å². The van der Waals surface area contributed by atoms with E-state index in [1.165, 1.54) is 57.8 Å². The van der Waals surface area contributed by atoms with Gasteiger partial charge in [-0.05, 0) is 73.8 Å². The van der Waals surface area contributed by atoms with E-state index in [1.807, 2.05) is 0 Å². The lowest BCUT2D eigenvalue weighted by molar-refractivity contribution is -0.0662. The number of methoxy groups -OCH3 is 1. The number of ether oxygens (including phenoxy) is 1. The average Bonchev–Trinajstić information content (AvgIpc) is 2.59. The number of carbonyl (C=O) groups excluding carboxylic acids is 1. The van der Waals surface area contributed by atoms with E-state index in [0.29, 0.717) is 6.54 Å². The van der Waals surface area contributed by atoms with Crippen molar-refractivity contribution in [2.24, 2.45) is 23.2 Å². The monoisotopic (exact) mass is 361 g/mol. The maximum absolute atomic E-state index is 14.6. The molecule has 1 N–H and O–H groups in total. The predicted molar refractivity (Wildman–Crippen MR) is 96.5 cm³/mol. The standard InChI is InChI=1S/C21H28FNO3/c1-26-18-4-2-3-17(19(18)22)20(25)23(5-6-24)13-21-10-14-7-15(11-21)9-16(8-14)12-21/h2-4,14-16,24H,5-13H2,1H3. The van der Waals surface area contributed by atoms with E-state index in [4.69, 9.17) is 4.74 Å². The van der Waals surface area contributed by atoms with Crippen LogP contribution in [0.3, 0.4) is 0 Å². The van der Waals surface area contributed by atoms with Gasteiger partial charge in [-0.1, -0.05) is 6.07 Å². The van der Waals surface area contributed by atoms with Gasteiger partial charge in [-0.25, -0.2) is 4.39 Å². The summed E-state index contributed by atoms with van der Waals surface area (Å²) in [5.41, 5.74) is 0.192. The maximum atomic E-state index is 14.6. The molecule has 4 aliphatic rings. The first-order valence-electron chi connectivity index (χ1n) is 9.76. The summed E-state index contributed by atoms with van der Waals surface area (Å²) in [6.07, 6.45) is 7.56. The van der Waals surface area contributed by atoms with Crippen LogP contribution in [0.2, 0.25) is 0 Å². The normalized spacial score (nSPS) is 31.9. The van der Waals surface area contributed by atoms with Gasteiger partial charge in [0, 0.05) is 13.1 Å². The molecular weight excluding hydrogens is 333 g/mol. The van der Waals surface area contributed by atoms with Gasteiger partial charge in [-0.15, -0.1) is 0 Å². The topological polar surface area (TPSA) is 49.8 Å². The van der Waals surface area contributed by atoms with E-state index in [2.05, 4.69) is 0 Å². The smallest absolute Gasteiger partial charge is 0.257 e. The Morgan fingerprint density at radius 1 is 1.23 bits per heavy atom. The Bertz CT molecular complexity index is 655. The lowest BCUT2D eigenvalue weighted by atomic mass is 9.49. The Hall–Kier alpha value is -1.62. The average molecular weight is 361 g/mol. The summed E-state index contributed by atoms with van der Waals surface area (Å²) in [6, 6.07) is 4.66. The second-order valence-corrected chi connectivity index (χ2v) is 8.69. The van der Waals surface area contributed by atoms with Crippen LogP contribution in [-0.4, -0.2) is 42.7 Å². The zero-order chi connectivity index (χ0) is 18.3. The first kappa shape index (κ1) is 17.8. The maximum Gasteiger partial charge on any atom is 0.257 e. The van der Waals surface area contributed by atoms with Crippen molar-refractivity contribution in [2.75, 3.05) is 26.8 Å². The number of amides is 1. The van der Waals surface area contributed by atoms with Crippen molar-refractivity contribution in [3.8, 4) is 5.75 Å². The summed E-state index contributed by atoms with van der Waals surface area (Å²) in [4.78, 5) is 14.7. The molecule has 0 saturated heterocycles. The van der Waals surface area contributed by atoms with E-state index in [1.54, 1.807) is 11.0 Å². The van der Waals surface area contributed by atoms with Crippen LogP contribution in [0.1, 0.15) is 48.9 Å². The fourth-order valence-corrected chi connectivity index (χ4v) is 6.27. The van der Waals surface area contributed by atoms with Gasteiger partial charge < -0.3 is 14.7 Å². The number of rotatable bonds is 6. The fraction of sp³-hybridized carbons (Fsp3) is 0.667. The van der Waals surface area contributed by atoms with Gasteiger partial charge in [0.2, 0.25) is 0 Å². The van der Waals surface area contributed by atoms with Crippen molar-refractivity contribution in [1.29, 1.82) is 0 Å². The Labute approximate surface area is 154 Å². The van der Waals surface area contributed by atoms with Gasteiger partial charge >= 0.3 is 0 Å². The second kappa shape index (κ2) is 6.84. The summed E-state index contributed by atoms with van der Waals surface area (Å²) >= 11 is 0. The number of hydrogen-bond acceptors (Lipinski definition) is 3. The molecule has 0 spiro atoms. The summed E-state index contributed by atoms with van der Waals surface area (Å²) in [5, 5.41) is 9.50. The summed E-state index contributed by atoms with van der Waals surface area (Å²) in [6.45, 7) is 0.771. The number of carbonyl (C=O) groups is 1. The molecule has 5 rings (SSSR count). The van der Waals surface area contributed by atoms with E-state index in [9.17, 15) is 14.3 Å². The Kier molecular flexibility index (Phi) is 4.68. The Morgan fingerprint density at radius 2 is 1.85 bits per heavy atom. The molecule has 0 radical (unpaired) electrons. The molecule has 5 heteroatoms. The van der Waals surface area contributed by atoms with Crippen LogP contribution in [0.5, 0.6) is 5.75 Å². The molecule has 26 heavy (non-hydrogen) atoms. The molecule has 1 aromatic rings. The van der Waals surface area contributed by atoms with E-state index in [0.717, 1.165) is 17.8 Å². The molecule has 4 saturated carbocycles. The highest BCUT2D eigenvalue weighted by molar-refractivity contribution is 5.95. The number of nitrogens with zero attached hydrogens (tertiary/aromatic N) is 1. The first-order valence-corrected chi connectivity index (χ1v) is 9.76. The van der Waals surface area contributed by atoms with Crippen molar-refractivity contribution in [2.45, 2.75) is 38.5 Å². The number of halogens is 1. The zero-order valence-electron chi connectivity index (χ0n) is 15.4. The molecule has 1 aromatic carbocycles. The molecule has 142 valence electrons. The third-order valence-corrected chi connectivity index (χ3v) is 6.76. The van der Waals surface area contributed by atoms with Gasteiger partial charge in [-0.2, -0.15) is 0 Å².